The van der Waals surface area contributed by atoms with Crippen LogP contribution in [0.25, 0.3) is 11.0 Å². The van der Waals surface area contributed by atoms with Crippen LogP contribution in [0.1, 0.15) is 59.4 Å². The van der Waals surface area contributed by atoms with Gasteiger partial charge in [-0.05, 0) is 36.8 Å². The molecule has 2 aromatic carbocycles. The van der Waals surface area contributed by atoms with Gasteiger partial charge in [0.05, 0.1) is 23.6 Å². The Morgan fingerprint density at radius 3 is 2.70 bits per heavy atom. The van der Waals surface area contributed by atoms with Crippen molar-refractivity contribution in [2.75, 3.05) is 11.5 Å². The van der Waals surface area contributed by atoms with Gasteiger partial charge in [0, 0.05) is 5.92 Å². The zero-order chi connectivity index (χ0) is 23.3. The number of carbonyl (C=O) groups excluding carboxylic acids is 1. The number of hydrogen-bond donors (Lipinski definition) is 1. The lowest BCUT2D eigenvalue weighted by atomic mass is 9.98. The van der Waals surface area contributed by atoms with Crippen LogP contribution in [0, 0.1) is 0 Å². The first-order chi connectivity index (χ1) is 15.9. The molecule has 1 N–H and O–H groups in total. The lowest BCUT2D eigenvalue weighted by Gasteiger charge is -2.22. The van der Waals surface area contributed by atoms with Crippen molar-refractivity contribution in [3.05, 3.63) is 74.6 Å². The molecule has 1 unspecified atom stereocenters. The lowest BCUT2D eigenvalue weighted by Crippen LogP contribution is -2.29. The topological polar surface area (TPSA) is 106 Å². The summed E-state index contributed by atoms with van der Waals surface area (Å²) in [6, 6.07) is 10.8. The molecule has 0 bridgehead atoms. The van der Waals surface area contributed by atoms with E-state index >= 15 is 0 Å². The van der Waals surface area contributed by atoms with Gasteiger partial charge < -0.3 is 14.3 Å². The lowest BCUT2D eigenvalue weighted by molar-refractivity contribution is 0.0970. The molecule has 3 heterocycles. The van der Waals surface area contributed by atoms with Crippen molar-refractivity contribution in [3.8, 4) is 11.5 Å². The van der Waals surface area contributed by atoms with Gasteiger partial charge in [-0.15, -0.1) is 10.2 Å². The summed E-state index contributed by atoms with van der Waals surface area (Å²) in [6.07, 6.45) is 0. The summed E-state index contributed by atoms with van der Waals surface area (Å²) < 4.78 is 11.5. The number of amides is 1. The van der Waals surface area contributed by atoms with Crippen LogP contribution in [-0.4, -0.2) is 27.8 Å². The molecule has 0 radical (unpaired) electrons. The monoisotopic (exact) mass is 463 g/mol. The Balaban J connectivity index is 1.77. The van der Waals surface area contributed by atoms with E-state index in [9.17, 15) is 14.7 Å². The molecule has 8 nitrogen and oxygen atoms in total. The third-order valence-electron chi connectivity index (χ3n) is 5.51. The quantitative estimate of drug-likeness (QED) is 0.460. The molecule has 4 aromatic rings. The van der Waals surface area contributed by atoms with Gasteiger partial charge in [-0.2, -0.15) is 0 Å². The fraction of sp³-hybridized carbons (Fsp3) is 0.250. The van der Waals surface area contributed by atoms with E-state index in [-0.39, 0.29) is 34.2 Å². The summed E-state index contributed by atoms with van der Waals surface area (Å²) >= 11 is 1.30. The average Bonchev–Trinajstić information content (AvgIpc) is 3.39. The maximum Gasteiger partial charge on any atom is 0.297 e. The van der Waals surface area contributed by atoms with Crippen LogP contribution in [0.3, 0.4) is 0 Å². The summed E-state index contributed by atoms with van der Waals surface area (Å²) in [4.78, 5) is 28.6. The summed E-state index contributed by atoms with van der Waals surface area (Å²) in [7, 11) is 0. The van der Waals surface area contributed by atoms with Crippen LogP contribution >= 0.6 is 11.3 Å². The molecular weight excluding hydrogens is 442 g/mol. The van der Waals surface area contributed by atoms with E-state index in [0.29, 0.717) is 28.3 Å². The summed E-state index contributed by atoms with van der Waals surface area (Å²) in [5, 5.41) is 20.2. The van der Waals surface area contributed by atoms with Gasteiger partial charge >= 0.3 is 0 Å². The second-order valence-corrected chi connectivity index (χ2v) is 8.97. The van der Waals surface area contributed by atoms with Crippen LogP contribution in [0.4, 0.5) is 5.13 Å². The van der Waals surface area contributed by atoms with Crippen LogP contribution < -0.4 is 15.1 Å². The van der Waals surface area contributed by atoms with Crippen molar-refractivity contribution in [2.45, 2.75) is 32.7 Å². The first-order valence-corrected chi connectivity index (χ1v) is 11.4. The molecule has 1 amide bonds. The summed E-state index contributed by atoms with van der Waals surface area (Å²) in [6.45, 7) is 6.15. The number of benzene rings is 2. The van der Waals surface area contributed by atoms with Crippen molar-refractivity contribution in [2.24, 2.45) is 0 Å². The molecule has 1 atom stereocenters. The second-order valence-electron chi connectivity index (χ2n) is 7.99. The van der Waals surface area contributed by atoms with Gasteiger partial charge in [0.2, 0.25) is 10.9 Å². The fourth-order valence-electron chi connectivity index (χ4n) is 3.96. The van der Waals surface area contributed by atoms with Crippen LogP contribution in [0.5, 0.6) is 11.5 Å². The number of phenols is 1. The predicted molar refractivity (Wildman–Crippen MR) is 124 cm³/mol. The van der Waals surface area contributed by atoms with Crippen LogP contribution in [0.2, 0.25) is 0 Å². The SMILES string of the molecule is CCOc1cc(C2c3c(oc4ccccc4c3=O)C(=O)N2c2nnc(C(C)C)s2)ccc1O. The minimum absolute atomic E-state index is 0.0176. The molecule has 0 saturated heterocycles. The molecule has 1 aliphatic heterocycles. The highest BCUT2D eigenvalue weighted by atomic mass is 32.1. The summed E-state index contributed by atoms with van der Waals surface area (Å²) in [5.74, 6) is -0.108. The molecule has 0 saturated carbocycles. The largest absolute Gasteiger partial charge is 0.504 e. The number of fused-ring (bicyclic) bond motifs is 2. The zero-order valence-electron chi connectivity index (χ0n) is 18.2. The van der Waals surface area contributed by atoms with Crippen molar-refractivity contribution in [1.29, 1.82) is 0 Å². The molecule has 5 rings (SSSR count). The highest BCUT2D eigenvalue weighted by Crippen LogP contribution is 2.44. The number of anilines is 1. The first-order valence-electron chi connectivity index (χ1n) is 10.6. The molecule has 0 fully saturated rings. The third-order valence-corrected chi connectivity index (χ3v) is 6.73. The first kappa shape index (κ1) is 21.1. The average molecular weight is 464 g/mol. The maximum absolute atomic E-state index is 13.6. The minimum atomic E-state index is -0.805. The molecule has 2 aromatic heterocycles. The number of aromatic nitrogens is 2. The van der Waals surface area contributed by atoms with Gasteiger partial charge in [0.1, 0.15) is 10.6 Å². The molecule has 0 spiro atoms. The molecular formula is C24H21N3O5S. The van der Waals surface area contributed by atoms with Crippen molar-refractivity contribution in [3.63, 3.8) is 0 Å². The van der Waals surface area contributed by atoms with Gasteiger partial charge in [-0.1, -0.05) is 43.4 Å². The number of rotatable bonds is 5. The van der Waals surface area contributed by atoms with E-state index in [1.165, 1.54) is 22.3 Å². The van der Waals surface area contributed by atoms with Gasteiger partial charge in [-0.3, -0.25) is 14.5 Å². The molecule has 9 heteroatoms. The number of nitrogens with zero attached hydrogens (tertiary/aromatic N) is 3. The summed E-state index contributed by atoms with van der Waals surface area (Å²) in [5.41, 5.74) is 0.878. The van der Waals surface area contributed by atoms with E-state index in [1.54, 1.807) is 36.4 Å². The molecule has 33 heavy (non-hydrogen) atoms. The van der Waals surface area contributed by atoms with Crippen molar-refractivity contribution < 1.29 is 19.1 Å². The van der Waals surface area contributed by atoms with Gasteiger partial charge in [-0.25, -0.2) is 0 Å². The van der Waals surface area contributed by atoms with Gasteiger partial charge in [0.25, 0.3) is 5.91 Å². The standard InChI is InChI=1S/C24H21N3O5S/c1-4-31-17-11-13(9-10-15(17)28)19-18-20(29)14-7-5-6-8-16(14)32-21(18)23(30)27(19)24-26-25-22(33-24)12(2)3/h5-12,19,28H,4H2,1-3H3. The van der Waals surface area contributed by atoms with Gasteiger partial charge in [0.15, 0.2) is 16.9 Å². The Morgan fingerprint density at radius 2 is 1.97 bits per heavy atom. The Hall–Kier alpha value is -3.72. The maximum atomic E-state index is 13.6. The number of ether oxygens (including phenoxy) is 1. The smallest absolute Gasteiger partial charge is 0.297 e. The van der Waals surface area contributed by atoms with E-state index in [4.69, 9.17) is 9.15 Å². The number of hydrogen-bond acceptors (Lipinski definition) is 8. The van der Waals surface area contributed by atoms with Crippen molar-refractivity contribution in [1.82, 2.24) is 10.2 Å². The Bertz CT molecular complexity index is 1440. The highest BCUT2D eigenvalue weighted by Gasteiger charge is 2.45. The number of phenolic OH excluding ortho intramolecular Hbond substituents is 1. The fourth-order valence-corrected chi connectivity index (χ4v) is 4.83. The Kier molecular flexibility index (Phi) is 5.13. The normalized spacial score (nSPS) is 15.5. The predicted octanol–water partition coefficient (Wildman–Crippen LogP) is 4.62. The number of para-hydroxylation sites is 1. The Labute approximate surface area is 193 Å². The molecule has 168 valence electrons. The number of carbonyl (C=O) groups is 1. The van der Waals surface area contributed by atoms with E-state index < -0.39 is 11.9 Å². The van der Waals surface area contributed by atoms with Crippen molar-refractivity contribution >= 4 is 33.3 Å². The van der Waals surface area contributed by atoms with E-state index in [0.717, 1.165) is 5.01 Å². The van der Waals surface area contributed by atoms with E-state index in [1.807, 2.05) is 20.8 Å². The zero-order valence-corrected chi connectivity index (χ0v) is 19.0. The Morgan fingerprint density at radius 1 is 1.18 bits per heavy atom. The molecule has 0 aliphatic carbocycles. The number of aromatic hydroxyl groups is 1. The molecule has 1 aliphatic rings. The second kappa shape index (κ2) is 8.00. The van der Waals surface area contributed by atoms with Crippen LogP contribution in [0.15, 0.2) is 51.7 Å². The third kappa shape index (κ3) is 3.36. The van der Waals surface area contributed by atoms with Crippen LogP contribution in [-0.2, 0) is 0 Å². The van der Waals surface area contributed by atoms with E-state index in [2.05, 4.69) is 10.2 Å². The minimum Gasteiger partial charge on any atom is -0.504 e. The highest BCUT2D eigenvalue weighted by molar-refractivity contribution is 7.15.